The molecular formula is C13H21N3O4. The van der Waals surface area contributed by atoms with E-state index >= 15 is 0 Å². The van der Waals surface area contributed by atoms with Gasteiger partial charge in [0.25, 0.3) is 5.91 Å². The van der Waals surface area contributed by atoms with Gasteiger partial charge < -0.3 is 20.4 Å². The second kappa shape index (κ2) is 8.19. The minimum Gasteiger partial charge on any atom is -0.481 e. The van der Waals surface area contributed by atoms with Crippen molar-refractivity contribution >= 4 is 11.9 Å². The van der Waals surface area contributed by atoms with Gasteiger partial charge in [-0.2, -0.15) is 0 Å². The topological polar surface area (TPSA) is 115 Å². The van der Waals surface area contributed by atoms with E-state index in [0.717, 1.165) is 19.3 Å². The van der Waals surface area contributed by atoms with Crippen molar-refractivity contribution in [1.29, 1.82) is 0 Å². The van der Waals surface area contributed by atoms with Gasteiger partial charge in [-0.05, 0) is 18.8 Å². The van der Waals surface area contributed by atoms with E-state index in [1.807, 2.05) is 0 Å². The molecule has 1 amide bonds. The lowest BCUT2D eigenvalue weighted by molar-refractivity contribution is -0.137. The fourth-order valence-electron chi connectivity index (χ4n) is 2.11. The number of hydrogen-bond acceptors (Lipinski definition) is 3. The summed E-state index contributed by atoms with van der Waals surface area (Å²) in [6, 6.07) is 0. The Kier molecular flexibility index (Phi) is 6.55. The Balaban J connectivity index is 2.34. The number of carboxylic acid groups (broad SMARTS) is 1. The Morgan fingerprint density at radius 3 is 2.65 bits per heavy atom. The lowest BCUT2D eigenvalue weighted by Crippen LogP contribution is -2.26. The molecule has 0 saturated carbocycles. The van der Waals surface area contributed by atoms with Crippen LogP contribution in [0.1, 0.15) is 49.5 Å². The molecule has 0 fully saturated rings. The molecule has 0 saturated heterocycles. The summed E-state index contributed by atoms with van der Waals surface area (Å²) in [5.74, 6) is -0.835. The smallest absolute Gasteiger partial charge is 0.323 e. The summed E-state index contributed by atoms with van der Waals surface area (Å²) in [6.45, 7) is 2.52. The third kappa shape index (κ3) is 5.73. The number of aliphatic carboxylic acids is 1. The predicted octanol–water partition coefficient (Wildman–Crippen LogP) is 1.10. The molecule has 20 heavy (non-hydrogen) atoms. The molecule has 1 aromatic heterocycles. The van der Waals surface area contributed by atoms with Gasteiger partial charge >= 0.3 is 11.7 Å². The molecule has 1 heterocycles. The second-order valence-corrected chi connectivity index (χ2v) is 4.79. The molecule has 1 unspecified atom stereocenters. The molecule has 112 valence electrons. The number of hydrogen-bond donors (Lipinski definition) is 4. The van der Waals surface area contributed by atoms with Gasteiger partial charge in [-0.1, -0.05) is 19.8 Å². The van der Waals surface area contributed by atoms with Crippen molar-refractivity contribution in [2.24, 2.45) is 5.92 Å². The minimum absolute atomic E-state index is 0.156. The zero-order chi connectivity index (χ0) is 15.0. The molecule has 1 atom stereocenters. The Labute approximate surface area is 116 Å². The van der Waals surface area contributed by atoms with Crippen LogP contribution < -0.4 is 11.0 Å². The summed E-state index contributed by atoms with van der Waals surface area (Å²) in [4.78, 5) is 37.8. The highest BCUT2D eigenvalue weighted by molar-refractivity contribution is 5.91. The Hall–Kier alpha value is -2.05. The molecule has 0 aliphatic carbocycles. The third-order valence-electron chi connectivity index (χ3n) is 3.14. The van der Waals surface area contributed by atoms with Gasteiger partial charge in [-0.3, -0.25) is 9.59 Å². The number of H-pyrrole nitrogens is 2. The quantitative estimate of drug-likeness (QED) is 0.543. The van der Waals surface area contributed by atoms with Gasteiger partial charge in [0, 0.05) is 19.2 Å². The lowest BCUT2D eigenvalue weighted by atomic mass is 9.94. The van der Waals surface area contributed by atoms with Crippen LogP contribution in [0.5, 0.6) is 0 Å². The first-order valence-electron chi connectivity index (χ1n) is 6.80. The fraction of sp³-hybridized carbons (Fsp3) is 0.615. The molecule has 7 nitrogen and oxygen atoms in total. The lowest BCUT2D eigenvalue weighted by Gasteiger charge is -2.15. The molecule has 0 aliphatic rings. The van der Waals surface area contributed by atoms with E-state index in [0.29, 0.717) is 18.9 Å². The number of imidazole rings is 1. The number of aromatic nitrogens is 2. The van der Waals surface area contributed by atoms with E-state index in [2.05, 4.69) is 22.2 Å². The van der Waals surface area contributed by atoms with Crippen molar-refractivity contribution < 1.29 is 14.7 Å². The Bertz CT molecular complexity index is 492. The Morgan fingerprint density at radius 1 is 1.35 bits per heavy atom. The van der Waals surface area contributed by atoms with Crippen LogP contribution in [0.4, 0.5) is 0 Å². The van der Waals surface area contributed by atoms with Crippen molar-refractivity contribution in [2.75, 3.05) is 6.54 Å². The fourth-order valence-corrected chi connectivity index (χ4v) is 2.11. The summed E-state index contributed by atoms with van der Waals surface area (Å²) < 4.78 is 0. The Morgan fingerprint density at radius 2 is 2.10 bits per heavy atom. The van der Waals surface area contributed by atoms with Crippen LogP contribution in [0.15, 0.2) is 11.0 Å². The van der Waals surface area contributed by atoms with Crippen LogP contribution in [0.3, 0.4) is 0 Å². The third-order valence-corrected chi connectivity index (χ3v) is 3.14. The maximum absolute atomic E-state index is 11.7. The van der Waals surface area contributed by atoms with Crippen LogP contribution in [-0.2, 0) is 4.79 Å². The maximum Gasteiger partial charge on any atom is 0.323 e. The van der Waals surface area contributed by atoms with Crippen molar-refractivity contribution in [3.63, 3.8) is 0 Å². The van der Waals surface area contributed by atoms with E-state index in [9.17, 15) is 14.4 Å². The molecule has 0 radical (unpaired) electrons. The molecule has 7 heteroatoms. The summed E-state index contributed by atoms with van der Waals surface area (Å²) in [7, 11) is 0. The van der Waals surface area contributed by atoms with Gasteiger partial charge in [0.15, 0.2) is 0 Å². The van der Waals surface area contributed by atoms with E-state index in [1.165, 1.54) is 6.20 Å². The van der Waals surface area contributed by atoms with E-state index in [4.69, 9.17) is 5.11 Å². The second-order valence-electron chi connectivity index (χ2n) is 4.79. The van der Waals surface area contributed by atoms with Gasteiger partial charge in [-0.15, -0.1) is 0 Å². The van der Waals surface area contributed by atoms with Gasteiger partial charge in [0.05, 0.1) is 0 Å². The van der Waals surface area contributed by atoms with Gasteiger partial charge in [-0.25, -0.2) is 4.79 Å². The molecule has 0 aromatic carbocycles. The molecule has 1 rings (SSSR count). The number of amides is 1. The van der Waals surface area contributed by atoms with Gasteiger partial charge in [0.1, 0.15) is 5.69 Å². The van der Waals surface area contributed by atoms with Crippen LogP contribution in [0.2, 0.25) is 0 Å². The van der Waals surface area contributed by atoms with E-state index in [-0.39, 0.29) is 18.0 Å². The van der Waals surface area contributed by atoms with Crippen molar-refractivity contribution in [3.8, 4) is 0 Å². The van der Waals surface area contributed by atoms with E-state index in [1.54, 1.807) is 0 Å². The van der Waals surface area contributed by atoms with Crippen molar-refractivity contribution in [1.82, 2.24) is 15.3 Å². The molecule has 4 N–H and O–H groups in total. The maximum atomic E-state index is 11.7. The number of carbonyl (C=O) groups is 2. The first-order valence-corrected chi connectivity index (χ1v) is 6.80. The largest absolute Gasteiger partial charge is 0.481 e. The summed E-state index contributed by atoms with van der Waals surface area (Å²) in [6.07, 6.45) is 4.78. The summed E-state index contributed by atoms with van der Waals surface area (Å²) >= 11 is 0. The predicted molar refractivity (Wildman–Crippen MR) is 73.6 cm³/mol. The molecule has 1 aromatic rings. The monoisotopic (exact) mass is 283 g/mol. The van der Waals surface area contributed by atoms with Crippen LogP contribution in [0.25, 0.3) is 0 Å². The first-order chi connectivity index (χ1) is 9.52. The standard InChI is InChI=1S/C13H21N3O4/c1-2-3-9(4-5-11(17)18)6-7-14-12(19)10-8-15-13(20)16-10/h8-9H,2-7H2,1H3,(H,14,19)(H,17,18)(H2,15,16,20). The average Bonchev–Trinajstić information content (AvgIpc) is 2.82. The molecule has 0 aliphatic heterocycles. The average molecular weight is 283 g/mol. The number of rotatable bonds is 9. The summed E-state index contributed by atoms with van der Waals surface area (Å²) in [5, 5.41) is 11.4. The van der Waals surface area contributed by atoms with Crippen molar-refractivity contribution in [2.45, 2.75) is 39.0 Å². The van der Waals surface area contributed by atoms with Crippen molar-refractivity contribution in [3.05, 3.63) is 22.4 Å². The zero-order valence-electron chi connectivity index (χ0n) is 11.6. The number of carbonyl (C=O) groups excluding carboxylic acids is 1. The highest BCUT2D eigenvalue weighted by Gasteiger charge is 2.12. The number of aromatic amines is 2. The molecule has 0 bridgehead atoms. The first kappa shape index (κ1) is 16.0. The molecule has 0 spiro atoms. The zero-order valence-corrected chi connectivity index (χ0v) is 11.6. The summed E-state index contributed by atoms with van der Waals surface area (Å²) in [5.41, 5.74) is -0.215. The number of nitrogens with one attached hydrogen (secondary N) is 3. The van der Waals surface area contributed by atoms with Crippen LogP contribution >= 0.6 is 0 Å². The normalized spacial score (nSPS) is 12.1. The SMILES string of the molecule is CCCC(CCNC(=O)c1c[nH]c(=O)[nH]1)CCC(=O)O. The van der Waals surface area contributed by atoms with Crippen LogP contribution in [0, 0.1) is 5.92 Å². The van der Waals surface area contributed by atoms with E-state index < -0.39 is 11.7 Å². The minimum atomic E-state index is -0.792. The van der Waals surface area contributed by atoms with Crippen LogP contribution in [-0.4, -0.2) is 33.5 Å². The highest BCUT2D eigenvalue weighted by atomic mass is 16.4. The number of carboxylic acids is 1. The van der Waals surface area contributed by atoms with Gasteiger partial charge in [0.2, 0.25) is 0 Å². The molecular weight excluding hydrogens is 262 g/mol. The highest BCUT2D eigenvalue weighted by Crippen LogP contribution is 2.17.